The summed E-state index contributed by atoms with van der Waals surface area (Å²) in [7, 11) is 0. The molecule has 0 bridgehead atoms. The first kappa shape index (κ1) is 13.7. The zero-order valence-corrected chi connectivity index (χ0v) is 11.9. The quantitative estimate of drug-likeness (QED) is 0.537. The Morgan fingerprint density at radius 3 is 2.44 bits per heavy atom. The number of aliphatic hydroxyl groups excluding tert-OH is 1. The van der Waals surface area contributed by atoms with Gasteiger partial charge < -0.3 is 34.4 Å². The molecule has 1 aromatic carbocycles. The molecule has 16 heavy (non-hydrogen) atoms. The topological polar surface area (TPSA) is 32.3 Å². The molecule has 0 amide bonds. The first-order chi connectivity index (χ1) is 7.28. The molecule has 0 radical (unpaired) electrons. The van der Waals surface area contributed by atoms with E-state index in [1.165, 1.54) is 11.4 Å². The predicted octanol–water partition coefficient (Wildman–Crippen LogP) is -1.22. The number of hydrogen-bond acceptors (Lipinski definition) is 2. The van der Waals surface area contributed by atoms with Crippen molar-refractivity contribution in [3.63, 3.8) is 0 Å². The molecular formula is C12H19IN2O. The van der Waals surface area contributed by atoms with Crippen LogP contribution in [0.5, 0.6) is 0 Å². The van der Waals surface area contributed by atoms with Gasteiger partial charge in [0.15, 0.2) is 11.9 Å². The van der Waals surface area contributed by atoms with Gasteiger partial charge in [-0.25, -0.2) is 0 Å². The Morgan fingerprint density at radius 1 is 1.25 bits per heavy atom. The van der Waals surface area contributed by atoms with Gasteiger partial charge in [-0.1, -0.05) is 12.1 Å². The second-order valence-electron chi connectivity index (χ2n) is 4.03. The van der Waals surface area contributed by atoms with Crippen LogP contribution in [0, 0.1) is 0 Å². The van der Waals surface area contributed by atoms with Crippen LogP contribution in [0.3, 0.4) is 0 Å². The van der Waals surface area contributed by atoms with E-state index in [1.54, 1.807) is 0 Å². The lowest BCUT2D eigenvalue weighted by Crippen LogP contribution is -3.00. The molecule has 1 aromatic rings. The van der Waals surface area contributed by atoms with Crippen LogP contribution >= 0.6 is 0 Å². The molecule has 1 unspecified atom stereocenters. The maximum absolute atomic E-state index is 9.46. The number of benzene rings is 1. The normalized spacial score (nSPS) is 20.8. The minimum absolute atomic E-state index is 0. The number of rotatable bonds is 3. The minimum atomic E-state index is 0. The number of nitrogens with zero attached hydrogens (tertiary/aromatic N) is 1. The Hall–Kier alpha value is -0.330. The highest BCUT2D eigenvalue weighted by Gasteiger charge is 2.43. The first-order valence-corrected chi connectivity index (χ1v) is 5.62. The summed E-state index contributed by atoms with van der Waals surface area (Å²) in [4.78, 5) is 0. The van der Waals surface area contributed by atoms with E-state index in [0.717, 1.165) is 17.6 Å². The Morgan fingerprint density at radius 2 is 1.88 bits per heavy atom. The molecule has 0 aliphatic carbocycles. The lowest BCUT2D eigenvalue weighted by Gasteiger charge is -2.36. The van der Waals surface area contributed by atoms with E-state index in [0.29, 0.717) is 0 Å². The summed E-state index contributed by atoms with van der Waals surface area (Å²) in [6, 6.07) is 8.35. The average Bonchev–Trinajstić information content (AvgIpc) is 2.63. The lowest BCUT2D eigenvalue weighted by atomic mass is 10.2. The van der Waals surface area contributed by atoms with Crippen molar-refractivity contribution in [3.8, 4) is 0 Å². The monoisotopic (exact) mass is 334 g/mol. The van der Waals surface area contributed by atoms with Crippen LogP contribution in [0.1, 0.15) is 13.8 Å². The van der Waals surface area contributed by atoms with Gasteiger partial charge in [-0.05, 0) is 19.9 Å². The van der Waals surface area contributed by atoms with Gasteiger partial charge in [0.1, 0.15) is 12.3 Å². The molecule has 1 aliphatic rings. The summed E-state index contributed by atoms with van der Waals surface area (Å²) in [6.45, 7) is 6.54. The molecule has 0 spiro atoms. The second-order valence-corrected chi connectivity index (χ2v) is 4.03. The predicted molar refractivity (Wildman–Crippen MR) is 63.8 cm³/mol. The van der Waals surface area contributed by atoms with Gasteiger partial charge in [0.25, 0.3) is 0 Å². The van der Waals surface area contributed by atoms with E-state index in [9.17, 15) is 5.11 Å². The fourth-order valence-corrected chi connectivity index (χ4v) is 2.66. The smallest absolute Gasteiger partial charge is 0.190 e. The number of quaternary nitrogens is 1. The molecule has 2 N–H and O–H groups in total. The van der Waals surface area contributed by atoms with Crippen LogP contribution < -0.4 is 33.8 Å². The number of hydrogen-bond donors (Lipinski definition) is 2. The number of anilines is 1. The van der Waals surface area contributed by atoms with E-state index in [2.05, 4.69) is 37.4 Å². The van der Waals surface area contributed by atoms with E-state index in [-0.39, 0.29) is 36.7 Å². The zero-order valence-electron chi connectivity index (χ0n) is 9.78. The summed E-state index contributed by atoms with van der Waals surface area (Å²) >= 11 is 0. The summed E-state index contributed by atoms with van der Waals surface area (Å²) < 4.78 is 0.840. The summed E-state index contributed by atoms with van der Waals surface area (Å²) in [5, 5.41) is 12.9. The number of aliphatic hydroxyl groups is 1. The highest BCUT2D eigenvalue weighted by Crippen LogP contribution is 2.40. The summed E-state index contributed by atoms with van der Waals surface area (Å²) in [5.74, 6) is 0. The van der Waals surface area contributed by atoms with E-state index in [4.69, 9.17) is 0 Å². The molecule has 90 valence electrons. The molecular weight excluding hydrogens is 315 g/mol. The van der Waals surface area contributed by atoms with Crippen molar-refractivity contribution in [1.82, 2.24) is 4.48 Å². The molecule has 0 saturated heterocycles. The van der Waals surface area contributed by atoms with Gasteiger partial charge in [-0.2, -0.15) is 0 Å². The molecule has 1 aliphatic heterocycles. The van der Waals surface area contributed by atoms with Crippen molar-refractivity contribution in [2.75, 3.05) is 25.0 Å². The largest absolute Gasteiger partial charge is 1.00 e. The second kappa shape index (κ2) is 5.33. The van der Waals surface area contributed by atoms with E-state index < -0.39 is 0 Å². The zero-order chi connectivity index (χ0) is 10.9. The maximum atomic E-state index is 9.46. The van der Waals surface area contributed by atoms with Crippen molar-refractivity contribution < 1.29 is 29.1 Å². The Labute approximate surface area is 114 Å². The fraction of sp³-hybridized carbons (Fsp3) is 0.500. The van der Waals surface area contributed by atoms with Crippen LogP contribution in [-0.4, -0.2) is 31.0 Å². The van der Waals surface area contributed by atoms with Crippen molar-refractivity contribution in [3.05, 3.63) is 24.3 Å². The third-order valence-electron chi connectivity index (χ3n) is 3.60. The number of para-hydroxylation sites is 2. The average molecular weight is 334 g/mol. The number of nitrogens with one attached hydrogen (secondary N) is 1. The minimum Gasteiger partial charge on any atom is -1.00 e. The lowest BCUT2D eigenvalue weighted by molar-refractivity contribution is -0.00000421. The summed E-state index contributed by atoms with van der Waals surface area (Å²) in [5.41, 5.74) is 2.47. The third-order valence-corrected chi connectivity index (χ3v) is 3.60. The first-order valence-electron chi connectivity index (χ1n) is 5.62. The third kappa shape index (κ3) is 1.83. The number of likely N-dealkylation sites (N-methyl/N-ethyl adjacent to an activating group) is 1. The Balaban J connectivity index is 0.00000128. The molecule has 1 atom stereocenters. The SMILES string of the molecule is CC[N+]1(CC)c2ccccc2NC1CO.[I-]. The van der Waals surface area contributed by atoms with E-state index in [1.807, 2.05) is 6.07 Å². The highest BCUT2D eigenvalue weighted by molar-refractivity contribution is 5.73. The van der Waals surface area contributed by atoms with Gasteiger partial charge in [-0.15, -0.1) is 0 Å². The van der Waals surface area contributed by atoms with Crippen molar-refractivity contribution in [2.45, 2.75) is 20.0 Å². The van der Waals surface area contributed by atoms with Crippen LogP contribution in [0.4, 0.5) is 11.4 Å². The van der Waals surface area contributed by atoms with Crippen molar-refractivity contribution >= 4 is 11.4 Å². The molecule has 0 saturated carbocycles. The Bertz CT molecular complexity index is 353. The Kier molecular flexibility index (Phi) is 4.58. The molecule has 4 heteroatoms. The maximum Gasteiger partial charge on any atom is 0.190 e. The van der Waals surface area contributed by atoms with Crippen LogP contribution in [0.15, 0.2) is 24.3 Å². The number of halogens is 1. The van der Waals surface area contributed by atoms with Crippen LogP contribution in [0.25, 0.3) is 0 Å². The number of fused-ring (bicyclic) bond motifs is 1. The van der Waals surface area contributed by atoms with Crippen molar-refractivity contribution in [2.24, 2.45) is 0 Å². The van der Waals surface area contributed by atoms with Crippen LogP contribution in [0.2, 0.25) is 0 Å². The summed E-state index contributed by atoms with van der Waals surface area (Å²) in [6.07, 6.45) is 0.109. The molecule has 3 nitrogen and oxygen atoms in total. The van der Waals surface area contributed by atoms with E-state index >= 15 is 0 Å². The van der Waals surface area contributed by atoms with Crippen LogP contribution in [-0.2, 0) is 0 Å². The molecule has 2 rings (SSSR count). The highest BCUT2D eigenvalue weighted by atomic mass is 127. The molecule has 0 aromatic heterocycles. The fourth-order valence-electron chi connectivity index (χ4n) is 2.66. The van der Waals surface area contributed by atoms with Crippen molar-refractivity contribution in [1.29, 1.82) is 0 Å². The van der Waals surface area contributed by atoms with Gasteiger partial charge >= 0.3 is 0 Å². The van der Waals surface area contributed by atoms with Gasteiger partial charge in [-0.3, -0.25) is 4.48 Å². The van der Waals surface area contributed by atoms with Gasteiger partial charge in [0, 0.05) is 6.07 Å². The molecule has 0 fully saturated rings. The standard InChI is InChI=1S/C12H19N2O.HI/c1-3-14(4-2)11-8-6-5-7-10(11)13-12(14)9-15;/h5-8,12-13,15H,3-4,9H2,1-2H3;1H/q+1;/p-1. The van der Waals surface area contributed by atoms with Gasteiger partial charge in [0.05, 0.1) is 13.1 Å². The van der Waals surface area contributed by atoms with Gasteiger partial charge in [0.2, 0.25) is 0 Å². The molecule has 1 heterocycles.